The van der Waals surface area contributed by atoms with Gasteiger partial charge in [-0.1, -0.05) is 92.8 Å². The van der Waals surface area contributed by atoms with Crippen LogP contribution in [0.15, 0.2) is 78.4 Å². The van der Waals surface area contributed by atoms with Crippen molar-refractivity contribution in [3.05, 3.63) is 101 Å². The highest BCUT2D eigenvalue weighted by Gasteiger charge is 2.35. The molecule has 3 aromatic rings. The second-order valence-electron chi connectivity index (χ2n) is 10.9. The second-order valence-corrected chi connectivity index (χ2v) is 10.9. The molecule has 38 heavy (non-hydrogen) atoms. The molecule has 1 aliphatic heterocycles. The number of benzene rings is 2. The highest BCUT2D eigenvalue weighted by Crippen LogP contribution is 2.36. The zero-order chi connectivity index (χ0) is 26.5. The first kappa shape index (κ1) is 26.3. The van der Waals surface area contributed by atoms with Crippen LogP contribution in [0.2, 0.25) is 0 Å². The normalized spacial score (nSPS) is 19.8. The van der Waals surface area contributed by atoms with Gasteiger partial charge in [-0.25, -0.2) is 0 Å². The molecule has 1 unspecified atom stereocenters. The molecular weight excluding hydrogens is 468 g/mol. The van der Waals surface area contributed by atoms with Crippen molar-refractivity contribution in [3.63, 3.8) is 0 Å². The van der Waals surface area contributed by atoms with Gasteiger partial charge in [0.1, 0.15) is 0 Å². The Morgan fingerprint density at radius 1 is 0.947 bits per heavy atom. The van der Waals surface area contributed by atoms with Gasteiger partial charge >= 0.3 is 0 Å². The monoisotopic (exact) mass is 508 g/mol. The first-order valence-corrected chi connectivity index (χ1v) is 13.9. The van der Waals surface area contributed by atoms with Gasteiger partial charge in [-0.15, -0.1) is 5.10 Å². The number of rotatable bonds is 8. The summed E-state index contributed by atoms with van der Waals surface area (Å²) in [5.41, 5.74) is 6.15. The van der Waals surface area contributed by atoms with Gasteiger partial charge in [0.25, 0.3) is 0 Å². The number of allylic oxidation sites excluding steroid dienone is 3. The zero-order valence-electron chi connectivity index (χ0n) is 23.2. The highest BCUT2D eigenvalue weighted by molar-refractivity contribution is 5.49. The van der Waals surface area contributed by atoms with Gasteiger partial charge in [-0.2, -0.15) is 4.68 Å². The first-order chi connectivity index (χ1) is 18.5. The molecule has 0 saturated carbocycles. The van der Waals surface area contributed by atoms with Crippen LogP contribution in [-0.2, 0) is 0 Å². The lowest BCUT2D eigenvalue weighted by molar-refractivity contribution is 0.0784. The van der Waals surface area contributed by atoms with Crippen molar-refractivity contribution in [3.8, 4) is 5.69 Å². The Morgan fingerprint density at radius 2 is 1.68 bits per heavy atom. The molecule has 0 bridgehead atoms. The Hall–Kier alpha value is -3.35. The minimum atomic E-state index is 0.118. The van der Waals surface area contributed by atoms with E-state index in [1.54, 1.807) is 0 Å². The van der Waals surface area contributed by atoms with Crippen molar-refractivity contribution < 1.29 is 0 Å². The van der Waals surface area contributed by atoms with Crippen LogP contribution < -0.4 is 0 Å². The van der Waals surface area contributed by atoms with Crippen LogP contribution in [0.4, 0.5) is 0 Å². The topological polar surface area (TPSA) is 50.1 Å². The number of nitrogens with zero attached hydrogens (tertiary/aromatic N) is 6. The number of tetrazole rings is 1. The van der Waals surface area contributed by atoms with Crippen molar-refractivity contribution in [1.29, 1.82) is 0 Å². The highest BCUT2D eigenvalue weighted by atomic mass is 15.6. The van der Waals surface area contributed by atoms with Gasteiger partial charge in [0.15, 0.2) is 5.82 Å². The summed E-state index contributed by atoms with van der Waals surface area (Å²) in [6, 6.07) is 17.0. The van der Waals surface area contributed by atoms with Crippen LogP contribution in [-0.4, -0.2) is 62.7 Å². The third-order valence-corrected chi connectivity index (χ3v) is 7.92. The van der Waals surface area contributed by atoms with E-state index in [1.807, 2.05) is 4.68 Å². The Kier molecular flexibility index (Phi) is 8.30. The third kappa shape index (κ3) is 5.87. The molecule has 0 spiro atoms. The number of para-hydroxylation sites is 1. The quantitative estimate of drug-likeness (QED) is 0.384. The molecule has 198 valence electrons. The predicted octanol–water partition coefficient (Wildman–Crippen LogP) is 5.81. The summed E-state index contributed by atoms with van der Waals surface area (Å²) in [6.07, 6.45) is 12.7. The van der Waals surface area contributed by atoms with E-state index in [1.165, 1.54) is 22.3 Å². The molecule has 2 atom stereocenters. The molecule has 1 fully saturated rings. The molecule has 0 amide bonds. The zero-order valence-corrected chi connectivity index (χ0v) is 23.2. The Morgan fingerprint density at radius 3 is 2.34 bits per heavy atom. The van der Waals surface area contributed by atoms with Crippen molar-refractivity contribution in [1.82, 2.24) is 30.0 Å². The maximum Gasteiger partial charge on any atom is 0.174 e. The van der Waals surface area contributed by atoms with E-state index in [4.69, 9.17) is 0 Å². The molecule has 5 rings (SSSR count). The first-order valence-electron chi connectivity index (χ1n) is 13.9. The van der Waals surface area contributed by atoms with E-state index in [0.29, 0.717) is 11.8 Å². The lowest BCUT2D eigenvalue weighted by atomic mass is 9.85. The molecule has 1 saturated heterocycles. The summed E-state index contributed by atoms with van der Waals surface area (Å²) in [4.78, 5) is 5.14. The fraction of sp³-hybridized carbons (Fsp3) is 0.406. The van der Waals surface area contributed by atoms with Gasteiger partial charge in [0, 0.05) is 38.6 Å². The summed E-state index contributed by atoms with van der Waals surface area (Å²) in [6.45, 7) is 13.8. The molecule has 2 heterocycles. The summed E-state index contributed by atoms with van der Waals surface area (Å²) in [5.74, 6) is 1.81. The molecule has 2 aliphatic rings. The molecular formula is C32H40N6. The third-order valence-electron chi connectivity index (χ3n) is 7.92. The summed E-state index contributed by atoms with van der Waals surface area (Å²) in [5, 5.41) is 13.4. The van der Waals surface area contributed by atoms with Crippen molar-refractivity contribution in [2.45, 2.75) is 40.2 Å². The molecule has 2 aromatic carbocycles. The maximum absolute atomic E-state index is 4.66. The molecule has 1 aromatic heterocycles. The number of hydrogen-bond donors (Lipinski definition) is 0. The van der Waals surface area contributed by atoms with Crippen molar-refractivity contribution >= 4 is 6.08 Å². The van der Waals surface area contributed by atoms with E-state index in [2.05, 4.69) is 132 Å². The Balaban J connectivity index is 1.37. The van der Waals surface area contributed by atoms with Crippen LogP contribution in [0.25, 0.3) is 11.8 Å². The van der Waals surface area contributed by atoms with Gasteiger partial charge in [0.05, 0.1) is 11.7 Å². The molecule has 6 heteroatoms. The van der Waals surface area contributed by atoms with Gasteiger partial charge in [-0.05, 0) is 58.9 Å². The standard InChI is InChI=1S/C32H40N6/c1-24(2)28-15-17-29(18-16-28)31(32-33-34-35-38(32)30-25(3)10-8-11-26(30)4)37-22-20-36(21-23-37)19-9-14-27-12-6-5-7-13-27/h5-17,24,29,31H,18-23H2,1-4H3/b14-9+/t29?,31-/m0/s1. The fourth-order valence-electron chi connectivity index (χ4n) is 5.74. The summed E-state index contributed by atoms with van der Waals surface area (Å²) < 4.78 is 2.00. The number of aryl methyl sites for hydroxylation is 2. The Bertz CT molecular complexity index is 1270. The smallest absolute Gasteiger partial charge is 0.174 e. The van der Waals surface area contributed by atoms with Crippen molar-refractivity contribution in [2.75, 3.05) is 32.7 Å². The minimum Gasteiger partial charge on any atom is -0.297 e. The van der Waals surface area contributed by atoms with Gasteiger partial charge in [0.2, 0.25) is 0 Å². The maximum atomic E-state index is 4.66. The molecule has 6 nitrogen and oxygen atoms in total. The average Bonchev–Trinajstić information content (AvgIpc) is 3.39. The molecule has 1 aliphatic carbocycles. The number of piperazine rings is 1. The van der Waals surface area contributed by atoms with Crippen LogP contribution in [0.3, 0.4) is 0 Å². The molecule has 0 radical (unpaired) electrons. The lowest BCUT2D eigenvalue weighted by Crippen LogP contribution is -2.49. The van der Waals surface area contributed by atoms with Crippen LogP contribution in [0, 0.1) is 25.7 Å². The van der Waals surface area contributed by atoms with E-state index in [9.17, 15) is 0 Å². The fourth-order valence-corrected chi connectivity index (χ4v) is 5.74. The van der Waals surface area contributed by atoms with E-state index >= 15 is 0 Å². The largest absolute Gasteiger partial charge is 0.297 e. The lowest BCUT2D eigenvalue weighted by Gasteiger charge is -2.41. The van der Waals surface area contributed by atoms with Gasteiger partial charge < -0.3 is 0 Å². The van der Waals surface area contributed by atoms with E-state index < -0.39 is 0 Å². The predicted molar refractivity (Wildman–Crippen MR) is 155 cm³/mol. The number of hydrogen-bond acceptors (Lipinski definition) is 5. The van der Waals surface area contributed by atoms with Crippen molar-refractivity contribution in [2.24, 2.45) is 11.8 Å². The Labute approximate surface area is 227 Å². The molecule has 0 N–H and O–H groups in total. The minimum absolute atomic E-state index is 0.118. The van der Waals surface area contributed by atoms with Crippen LogP contribution in [0.5, 0.6) is 0 Å². The van der Waals surface area contributed by atoms with E-state index in [0.717, 1.165) is 50.7 Å². The van der Waals surface area contributed by atoms with Crippen LogP contribution in [0.1, 0.15) is 48.8 Å². The summed E-state index contributed by atoms with van der Waals surface area (Å²) >= 11 is 0. The summed E-state index contributed by atoms with van der Waals surface area (Å²) in [7, 11) is 0. The van der Waals surface area contributed by atoms with E-state index in [-0.39, 0.29) is 6.04 Å². The number of aromatic nitrogens is 4. The van der Waals surface area contributed by atoms with Gasteiger partial charge in [-0.3, -0.25) is 9.80 Å². The van der Waals surface area contributed by atoms with Crippen LogP contribution >= 0.6 is 0 Å². The second kappa shape index (κ2) is 12.0. The SMILES string of the molecule is Cc1cccc(C)c1-n1nnnc1[C@H](C1C=CC(C(C)C)=CC1)N1CCN(C/C=C/c2ccccc2)CC1. The average molecular weight is 509 g/mol.